The molecule has 1 heterocycles. The van der Waals surface area contributed by atoms with E-state index >= 15 is 0 Å². The molecule has 5 heteroatoms. The van der Waals surface area contributed by atoms with Gasteiger partial charge in [0.25, 0.3) is 0 Å². The second-order valence-electron chi connectivity index (χ2n) is 5.15. The molecule has 22 heavy (non-hydrogen) atoms. The fraction of sp³-hybridized carbons (Fsp3) is 0.412. The van der Waals surface area contributed by atoms with Gasteiger partial charge in [-0.05, 0) is 38.3 Å². The van der Waals surface area contributed by atoms with Gasteiger partial charge in [0, 0.05) is 17.8 Å². The zero-order chi connectivity index (χ0) is 15.9. The third-order valence-electron chi connectivity index (χ3n) is 3.49. The minimum atomic E-state index is 0.0837. The first kappa shape index (κ1) is 16.5. The first-order chi connectivity index (χ1) is 10.6. The summed E-state index contributed by atoms with van der Waals surface area (Å²) in [6.45, 7) is 4.62. The van der Waals surface area contributed by atoms with Gasteiger partial charge in [0.1, 0.15) is 5.75 Å². The number of hydrogen-bond acceptors (Lipinski definition) is 4. The Morgan fingerprint density at radius 1 is 1.27 bits per heavy atom. The van der Waals surface area contributed by atoms with Crippen molar-refractivity contribution >= 4 is 17.2 Å². The van der Waals surface area contributed by atoms with Gasteiger partial charge < -0.3 is 10.1 Å². The molecule has 0 atom stereocenters. The molecule has 0 fully saturated rings. The number of nitrogens with one attached hydrogen (secondary N) is 1. The van der Waals surface area contributed by atoms with Crippen LogP contribution in [0.2, 0.25) is 0 Å². The summed E-state index contributed by atoms with van der Waals surface area (Å²) in [5, 5.41) is 4.03. The van der Waals surface area contributed by atoms with Gasteiger partial charge in [-0.1, -0.05) is 18.2 Å². The molecule has 0 bridgehead atoms. The van der Waals surface area contributed by atoms with Gasteiger partial charge in [-0.2, -0.15) is 0 Å². The summed E-state index contributed by atoms with van der Waals surface area (Å²) in [7, 11) is 1.66. The number of ether oxygens (including phenoxy) is 1. The van der Waals surface area contributed by atoms with Crippen LogP contribution in [0.15, 0.2) is 24.3 Å². The van der Waals surface area contributed by atoms with Crippen LogP contribution in [0.5, 0.6) is 5.75 Å². The predicted octanol–water partition coefficient (Wildman–Crippen LogP) is 3.06. The van der Waals surface area contributed by atoms with Crippen molar-refractivity contribution in [2.45, 2.75) is 33.1 Å². The van der Waals surface area contributed by atoms with E-state index in [1.807, 2.05) is 38.1 Å². The van der Waals surface area contributed by atoms with Gasteiger partial charge in [-0.15, -0.1) is 11.3 Å². The van der Waals surface area contributed by atoms with E-state index in [4.69, 9.17) is 4.74 Å². The van der Waals surface area contributed by atoms with E-state index in [0.717, 1.165) is 34.9 Å². The summed E-state index contributed by atoms with van der Waals surface area (Å²) < 4.78 is 5.31. The minimum Gasteiger partial charge on any atom is -0.496 e. The predicted molar refractivity (Wildman–Crippen MR) is 89.6 cm³/mol. The molecule has 0 saturated heterocycles. The van der Waals surface area contributed by atoms with E-state index in [-0.39, 0.29) is 5.91 Å². The fourth-order valence-corrected chi connectivity index (χ4v) is 3.30. The SMILES string of the molecule is COc1ccccc1CCNC(=O)CCc1sc(C)nc1C. The molecular formula is C17H22N2O2S. The number of carbonyl (C=O) groups is 1. The van der Waals surface area contributed by atoms with Crippen LogP contribution < -0.4 is 10.1 Å². The maximum absolute atomic E-state index is 11.9. The van der Waals surface area contributed by atoms with Gasteiger partial charge in [0.15, 0.2) is 0 Å². The van der Waals surface area contributed by atoms with Crippen LogP contribution in [0.3, 0.4) is 0 Å². The molecule has 1 aromatic carbocycles. The zero-order valence-electron chi connectivity index (χ0n) is 13.3. The van der Waals surface area contributed by atoms with Crippen LogP contribution in [0.4, 0.5) is 0 Å². The normalized spacial score (nSPS) is 10.5. The Bertz CT molecular complexity index is 637. The van der Waals surface area contributed by atoms with Crippen LogP contribution in [0.25, 0.3) is 0 Å². The summed E-state index contributed by atoms with van der Waals surface area (Å²) >= 11 is 1.67. The van der Waals surface area contributed by atoms with Gasteiger partial charge in [0.05, 0.1) is 17.8 Å². The number of methoxy groups -OCH3 is 1. The molecule has 0 aliphatic heterocycles. The average Bonchev–Trinajstić information content (AvgIpc) is 2.83. The van der Waals surface area contributed by atoms with Crippen LogP contribution in [0.1, 0.15) is 27.6 Å². The highest BCUT2D eigenvalue weighted by Crippen LogP contribution is 2.19. The largest absolute Gasteiger partial charge is 0.496 e. The number of thiazole rings is 1. The second-order valence-corrected chi connectivity index (χ2v) is 6.44. The van der Waals surface area contributed by atoms with E-state index in [9.17, 15) is 4.79 Å². The quantitative estimate of drug-likeness (QED) is 0.853. The lowest BCUT2D eigenvalue weighted by molar-refractivity contribution is -0.121. The van der Waals surface area contributed by atoms with E-state index in [1.165, 1.54) is 4.88 Å². The standard InChI is InChI=1S/C17H22N2O2S/c1-12-16(22-13(2)19-12)8-9-17(20)18-11-10-14-6-4-5-7-15(14)21-3/h4-7H,8-11H2,1-3H3,(H,18,20). The van der Waals surface area contributed by atoms with Crippen molar-refractivity contribution in [3.8, 4) is 5.75 Å². The summed E-state index contributed by atoms with van der Waals surface area (Å²) in [5.41, 5.74) is 2.16. The number of carbonyl (C=O) groups excluding carboxylic acids is 1. The van der Waals surface area contributed by atoms with Crippen LogP contribution in [-0.4, -0.2) is 24.5 Å². The highest BCUT2D eigenvalue weighted by atomic mass is 32.1. The number of nitrogens with zero attached hydrogens (tertiary/aromatic N) is 1. The third kappa shape index (κ3) is 4.56. The van der Waals surface area contributed by atoms with Crippen LogP contribution in [-0.2, 0) is 17.6 Å². The monoisotopic (exact) mass is 318 g/mol. The molecule has 118 valence electrons. The molecule has 0 aliphatic rings. The van der Waals surface area contributed by atoms with E-state index < -0.39 is 0 Å². The number of rotatable bonds is 7. The average molecular weight is 318 g/mol. The first-order valence-electron chi connectivity index (χ1n) is 7.41. The lowest BCUT2D eigenvalue weighted by atomic mass is 10.1. The van der Waals surface area contributed by atoms with Crippen LogP contribution >= 0.6 is 11.3 Å². The van der Waals surface area contributed by atoms with Gasteiger partial charge in [-0.25, -0.2) is 4.98 Å². The Morgan fingerprint density at radius 2 is 2.05 bits per heavy atom. The number of aromatic nitrogens is 1. The number of para-hydroxylation sites is 1. The number of aryl methyl sites for hydroxylation is 3. The smallest absolute Gasteiger partial charge is 0.220 e. The van der Waals surface area contributed by atoms with Gasteiger partial charge in [0.2, 0.25) is 5.91 Å². The van der Waals surface area contributed by atoms with Crippen molar-refractivity contribution in [3.05, 3.63) is 45.4 Å². The molecule has 2 aromatic rings. The Labute approximate surface area is 135 Å². The van der Waals surface area contributed by atoms with Crippen molar-refractivity contribution in [2.75, 3.05) is 13.7 Å². The summed E-state index contributed by atoms with van der Waals surface area (Å²) in [6.07, 6.45) is 2.04. The van der Waals surface area contributed by atoms with Crippen LogP contribution in [0, 0.1) is 13.8 Å². The molecule has 0 radical (unpaired) electrons. The Morgan fingerprint density at radius 3 is 2.73 bits per heavy atom. The minimum absolute atomic E-state index is 0.0837. The molecule has 0 aliphatic carbocycles. The fourth-order valence-electron chi connectivity index (χ4n) is 2.37. The molecule has 4 nitrogen and oxygen atoms in total. The molecule has 1 N–H and O–H groups in total. The highest BCUT2D eigenvalue weighted by molar-refractivity contribution is 7.11. The molecule has 2 rings (SSSR count). The first-order valence-corrected chi connectivity index (χ1v) is 8.23. The Kier molecular flexibility index (Phi) is 5.95. The highest BCUT2D eigenvalue weighted by Gasteiger charge is 2.08. The summed E-state index contributed by atoms with van der Waals surface area (Å²) in [5.74, 6) is 0.952. The molecule has 0 unspecified atom stereocenters. The maximum atomic E-state index is 11.9. The Hall–Kier alpha value is -1.88. The molecule has 0 spiro atoms. The van der Waals surface area contributed by atoms with Crippen molar-refractivity contribution in [1.82, 2.24) is 10.3 Å². The number of amides is 1. The topological polar surface area (TPSA) is 51.2 Å². The number of benzene rings is 1. The van der Waals surface area contributed by atoms with Crippen molar-refractivity contribution in [2.24, 2.45) is 0 Å². The molecule has 1 amide bonds. The maximum Gasteiger partial charge on any atom is 0.220 e. The lowest BCUT2D eigenvalue weighted by Gasteiger charge is -2.09. The zero-order valence-corrected chi connectivity index (χ0v) is 14.1. The molecule has 0 saturated carbocycles. The summed E-state index contributed by atoms with van der Waals surface area (Å²) in [6, 6.07) is 7.88. The van der Waals surface area contributed by atoms with Gasteiger partial charge in [-0.3, -0.25) is 4.79 Å². The van der Waals surface area contributed by atoms with Gasteiger partial charge >= 0.3 is 0 Å². The molecular weight excluding hydrogens is 296 g/mol. The Balaban J connectivity index is 1.75. The lowest BCUT2D eigenvalue weighted by Crippen LogP contribution is -2.25. The molecule has 1 aromatic heterocycles. The van der Waals surface area contributed by atoms with E-state index in [0.29, 0.717) is 13.0 Å². The van der Waals surface area contributed by atoms with E-state index in [1.54, 1.807) is 18.4 Å². The summed E-state index contributed by atoms with van der Waals surface area (Å²) in [4.78, 5) is 17.5. The van der Waals surface area contributed by atoms with Crippen molar-refractivity contribution in [3.63, 3.8) is 0 Å². The van der Waals surface area contributed by atoms with Crippen molar-refractivity contribution < 1.29 is 9.53 Å². The second kappa shape index (κ2) is 7.94. The van der Waals surface area contributed by atoms with E-state index in [2.05, 4.69) is 10.3 Å². The third-order valence-corrected chi connectivity index (χ3v) is 4.62. The van der Waals surface area contributed by atoms with Crippen molar-refractivity contribution in [1.29, 1.82) is 0 Å². The number of hydrogen-bond donors (Lipinski definition) is 1.